The number of methoxy groups -OCH3 is 1. The Balaban J connectivity index is 2.06. The standard InChI is InChI=1S/C15H15F2NO3/c1-9(12-4-3-11(16)7-13(12)17)18-8-10-5-6-21-14(10)15(19)20-2/h3-7,9,18H,8H2,1-2H3/t9-/m1/s1. The summed E-state index contributed by atoms with van der Waals surface area (Å²) in [6, 6.07) is 4.71. The molecule has 0 aliphatic heterocycles. The molecule has 1 heterocycles. The van der Waals surface area contributed by atoms with E-state index in [0.29, 0.717) is 17.7 Å². The second-order valence-electron chi connectivity index (χ2n) is 4.53. The fourth-order valence-electron chi connectivity index (χ4n) is 1.97. The molecule has 0 spiro atoms. The van der Waals surface area contributed by atoms with E-state index in [-0.39, 0.29) is 11.8 Å². The quantitative estimate of drug-likeness (QED) is 0.861. The van der Waals surface area contributed by atoms with Gasteiger partial charge in [0.2, 0.25) is 5.76 Å². The van der Waals surface area contributed by atoms with Gasteiger partial charge in [0.15, 0.2) is 0 Å². The van der Waals surface area contributed by atoms with Crippen molar-refractivity contribution in [3.63, 3.8) is 0 Å². The average molecular weight is 295 g/mol. The van der Waals surface area contributed by atoms with Gasteiger partial charge in [0.1, 0.15) is 11.6 Å². The number of carbonyl (C=O) groups is 1. The van der Waals surface area contributed by atoms with Gasteiger partial charge in [-0.1, -0.05) is 6.07 Å². The summed E-state index contributed by atoms with van der Waals surface area (Å²) in [4.78, 5) is 11.5. The Bertz CT molecular complexity index is 640. The molecular formula is C15H15F2NO3. The van der Waals surface area contributed by atoms with Gasteiger partial charge in [-0.3, -0.25) is 0 Å². The Labute approximate surface area is 120 Å². The van der Waals surface area contributed by atoms with E-state index in [1.807, 2.05) is 0 Å². The van der Waals surface area contributed by atoms with E-state index in [0.717, 1.165) is 6.07 Å². The van der Waals surface area contributed by atoms with Crippen molar-refractivity contribution in [2.45, 2.75) is 19.5 Å². The number of esters is 1. The van der Waals surface area contributed by atoms with Crippen LogP contribution in [-0.4, -0.2) is 13.1 Å². The molecule has 0 aliphatic carbocycles. The summed E-state index contributed by atoms with van der Waals surface area (Å²) in [7, 11) is 1.26. The first-order valence-electron chi connectivity index (χ1n) is 6.36. The maximum Gasteiger partial charge on any atom is 0.374 e. The molecule has 2 aromatic rings. The van der Waals surface area contributed by atoms with Crippen LogP contribution < -0.4 is 5.32 Å². The summed E-state index contributed by atoms with van der Waals surface area (Å²) >= 11 is 0. The first-order chi connectivity index (χ1) is 10.0. The van der Waals surface area contributed by atoms with E-state index < -0.39 is 17.6 Å². The summed E-state index contributed by atoms with van der Waals surface area (Å²) < 4.78 is 36.2. The molecule has 0 amide bonds. The molecule has 1 aromatic heterocycles. The highest BCUT2D eigenvalue weighted by Crippen LogP contribution is 2.19. The maximum atomic E-state index is 13.7. The number of hydrogen-bond donors (Lipinski definition) is 1. The molecule has 0 saturated carbocycles. The molecule has 4 nitrogen and oxygen atoms in total. The van der Waals surface area contributed by atoms with Crippen LogP contribution in [0.3, 0.4) is 0 Å². The second kappa shape index (κ2) is 6.49. The topological polar surface area (TPSA) is 51.5 Å². The molecular weight excluding hydrogens is 280 g/mol. The van der Waals surface area contributed by atoms with Crippen molar-refractivity contribution in [3.05, 3.63) is 59.1 Å². The monoisotopic (exact) mass is 295 g/mol. The zero-order valence-electron chi connectivity index (χ0n) is 11.7. The smallest absolute Gasteiger partial charge is 0.374 e. The van der Waals surface area contributed by atoms with E-state index in [1.165, 1.54) is 25.5 Å². The van der Waals surface area contributed by atoms with Crippen LogP contribution in [0.1, 0.15) is 34.6 Å². The van der Waals surface area contributed by atoms with Gasteiger partial charge in [-0.05, 0) is 19.1 Å². The number of furan rings is 1. The number of hydrogen-bond acceptors (Lipinski definition) is 4. The van der Waals surface area contributed by atoms with Crippen LogP contribution in [0.15, 0.2) is 34.9 Å². The lowest BCUT2D eigenvalue weighted by Gasteiger charge is -2.14. The molecule has 0 unspecified atom stereocenters. The number of carbonyl (C=O) groups excluding carboxylic acids is 1. The first-order valence-corrected chi connectivity index (χ1v) is 6.36. The van der Waals surface area contributed by atoms with Crippen molar-refractivity contribution in [2.24, 2.45) is 0 Å². The van der Waals surface area contributed by atoms with Crippen LogP contribution in [0.2, 0.25) is 0 Å². The average Bonchev–Trinajstić information content (AvgIpc) is 2.92. The van der Waals surface area contributed by atoms with Gasteiger partial charge in [0, 0.05) is 29.8 Å². The van der Waals surface area contributed by atoms with Crippen LogP contribution in [0.5, 0.6) is 0 Å². The lowest BCUT2D eigenvalue weighted by Crippen LogP contribution is -2.20. The lowest BCUT2D eigenvalue weighted by atomic mass is 10.1. The van der Waals surface area contributed by atoms with Crippen LogP contribution in [0, 0.1) is 11.6 Å². The van der Waals surface area contributed by atoms with Gasteiger partial charge >= 0.3 is 5.97 Å². The number of halogens is 2. The van der Waals surface area contributed by atoms with Gasteiger partial charge in [-0.15, -0.1) is 0 Å². The molecule has 1 N–H and O–H groups in total. The Morgan fingerprint density at radius 2 is 2.14 bits per heavy atom. The highest BCUT2D eigenvalue weighted by Gasteiger charge is 2.17. The molecule has 21 heavy (non-hydrogen) atoms. The van der Waals surface area contributed by atoms with E-state index in [1.54, 1.807) is 13.0 Å². The highest BCUT2D eigenvalue weighted by atomic mass is 19.1. The summed E-state index contributed by atoms with van der Waals surface area (Å²) in [6.07, 6.45) is 1.38. The van der Waals surface area contributed by atoms with Crippen molar-refractivity contribution >= 4 is 5.97 Å². The molecule has 0 bridgehead atoms. The van der Waals surface area contributed by atoms with Gasteiger partial charge in [0.05, 0.1) is 13.4 Å². The minimum absolute atomic E-state index is 0.108. The zero-order valence-corrected chi connectivity index (χ0v) is 11.7. The first kappa shape index (κ1) is 15.2. The molecule has 0 aliphatic rings. The van der Waals surface area contributed by atoms with E-state index in [4.69, 9.17) is 4.42 Å². The van der Waals surface area contributed by atoms with Crippen molar-refractivity contribution in [1.82, 2.24) is 5.32 Å². The van der Waals surface area contributed by atoms with Gasteiger partial charge in [-0.25, -0.2) is 13.6 Å². The highest BCUT2D eigenvalue weighted by molar-refractivity contribution is 5.87. The predicted molar refractivity (Wildman–Crippen MR) is 71.7 cm³/mol. The van der Waals surface area contributed by atoms with Crippen molar-refractivity contribution < 1.29 is 22.7 Å². The number of benzene rings is 1. The molecule has 0 saturated heterocycles. The molecule has 0 fully saturated rings. The summed E-state index contributed by atoms with van der Waals surface area (Å²) in [5.41, 5.74) is 0.954. The van der Waals surface area contributed by atoms with Gasteiger partial charge < -0.3 is 14.5 Å². The van der Waals surface area contributed by atoms with Crippen LogP contribution in [0.4, 0.5) is 8.78 Å². The van der Waals surface area contributed by atoms with E-state index >= 15 is 0 Å². The van der Waals surface area contributed by atoms with Crippen molar-refractivity contribution in [3.8, 4) is 0 Å². The molecule has 2 rings (SSSR count). The van der Waals surface area contributed by atoms with Crippen LogP contribution in [0.25, 0.3) is 0 Å². The number of rotatable bonds is 5. The molecule has 6 heteroatoms. The Morgan fingerprint density at radius 3 is 2.81 bits per heavy atom. The summed E-state index contributed by atoms with van der Waals surface area (Å²) in [6.45, 7) is 2.03. The van der Waals surface area contributed by atoms with Gasteiger partial charge in [-0.2, -0.15) is 0 Å². The molecule has 0 radical (unpaired) electrons. The normalized spacial score (nSPS) is 12.2. The van der Waals surface area contributed by atoms with Crippen LogP contribution in [-0.2, 0) is 11.3 Å². The van der Waals surface area contributed by atoms with E-state index in [2.05, 4.69) is 10.1 Å². The van der Waals surface area contributed by atoms with Gasteiger partial charge in [0.25, 0.3) is 0 Å². The second-order valence-corrected chi connectivity index (χ2v) is 4.53. The van der Waals surface area contributed by atoms with Crippen LogP contribution >= 0.6 is 0 Å². The number of nitrogens with one attached hydrogen (secondary N) is 1. The fraction of sp³-hybridized carbons (Fsp3) is 0.267. The minimum Gasteiger partial charge on any atom is -0.463 e. The molecule has 1 aromatic carbocycles. The molecule has 112 valence electrons. The predicted octanol–water partition coefficient (Wildman–Crippen LogP) is 3.20. The maximum absolute atomic E-state index is 13.7. The number of ether oxygens (including phenoxy) is 1. The summed E-state index contributed by atoms with van der Waals surface area (Å²) in [5.74, 6) is -1.70. The third kappa shape index (κ3) is 3.46. The fourth-order valence-corrected chi connectivity index (χ4v) is 1.97. The zero-order chi connectivity index (χ0) is 15.4. The lowest BCUT2D eigenvalue weighted by molar-refractivity contribution is 0.0563. The summed E-state index contributed by atoms with van der Waals surface area (Å²) in [5, 5.41) is 3.05. The molecule has 1 atom stereocenters. The van der Waals surface area contributed by atoms with Crippen molar-refractivity contribution in [2.75, 3.05) is 7.11 Å². The Hall–Kier alpha value is -2.21. The largest absolute Gasteiger partial charge is 0.463 e. The third-order valence-electron chi connectivity index (χ3n) is 3.15. The third-order valence-corrected chi connectivity index (χ3v) is 3.15. The van der Waals surface area contributed by atoms with Crippen molar-refractivity contribution in [1.29, 1.82) is 0 Å². The van der Waals surface area contributed by atoms with E-state index in [9.17, 15) is 13.6 Å². The SMILES string of the molecule is COC(=O)c1occc1CN[C@H](C)c1ccc(F)cc1F. The minimum atomic E-state index is -0.619. The Kier molecular flexibility index (Phi) is 4.70. The Morgan fingerprint density at radius 1 is 1.38 bits per heavy atom.